The minimum absolute atomic E-state index is 0.179. The molecule has 130 valence electrons. The van der Waals surface area contributed by atoms with E-state index >= 15 is 0 Å². The van der Waals surface area contributed by atoms with Gasteiger partial charge in [-0.1, -0.05) is 23.7 Å². The van der Waals surface area contributed by atoms with E-state index in [-0.39, 0.29) is 12.5 Å². The van der Waals surface area contributed by atoms with Gasteiger partial charge in [-0.25, -0.2) is 0 Å². The maximum absolute atomic E-state index is 11.9. The summed E-state index contributed by atoms with van der Waals surface area (Å²) >= 11 is 6.01. The van der Waals surface area contributed by atoms with Crippen molar-refractivity contribution in [2.45, 2.75) is 0 Å². The molecule has 0 saturated heterocycles. The number of benzene rings is 2. The van der Waals surface area contributed by atoms with Crippen LogP contribution in [0.5, 0.6) is 11.5 Å². The molecule has 0 aliphatic rings. The average molecular weight is 361 g/mol. The molecule has 0 spiro atoms. The third kappa shape index (κ3) is 5.86. The van der Waals surface area contributed by atoms with Crippen molar-refractivity contribution < 1.29 is 19.1 Å². The fourth-order valence-corrected chi connectivity index (χ4v) is 2.19. The van der Waals surface area contributed by atoms with Crippen molar-refractivity contribution in [2.75, 3.05) is 19.0 Å². The van der Waals surface area contributed by atoms with E-state index in [0.717, 1.165) is 5.56 Å². The second-order valence-electron chi connectivity index (χ2n) is 5.00. The molecule has 7 heteroatoms. The largest absolute Gasteiger partial charge is 0.495 e. The van der Waals surface area contributed by atoms with E-state index in [1.165, 1.54) is 13.2 Å². The molecule has 0 heterocycles. The fourth-order valence-electron chi connectivity index (χ4n) is 1.93. The summed E-state index contributed by atoms with van der Waals surface area (Å²) in [5, 5.41) is 3.12. The Morgan fingerprint density at radius 3 is 2.52 bits per heavy atom. The monoisotopic (exact) mass is 360 g/mol. The van der Waals surface area contributed by atoms with Crippen LogP contribution in [0.3, 0.4) is 0 Å². The summed E-state index contributed by atoms with van der Waals surface area (Å²) in [6.45, 7) is -0.179. The van der Waals surface area contributed by atoms with Gasteiger partial charge in [0.1, 0.15) is 11.5 Å². The van der Waals surface area contributed by atoms with E-state index < -0.39 is 5.91 Å². The smallest absolute Gasteiger partial charge is 0.255 e. The molecule has 2 amide bonds. The molecule has 0 saturated carbocycles. The summed E-state index contributed by atoms with van der Waals surface area (Å²) in [5.41, 5.74) is 6.37. The Morgan fingerprint density at radius 1 is 1.20 bits per heavy atom. The summed E-state index contributed by atoms with van der Waals surface area (Å²) < 4.78 is 10.2. The first-order valence-electron chi connectivity index (χ1n) is 7.31. The zero-order valence-corrected chi connectivity index (χ0v) is 14.2. The van der Waals surface area contributed by atoms with Crippen LogP contribution in [-0.4, -0.2) is 25.5 Å². The van der Waals surface area contributed by atoms with Gasteiger partial charge in [0.25, 0.3) is 5.91 Å². The number of nitrogens with one attached hydrogen (secondary N) is 1. The van der Waals surface area contributed by atoms with Crippen LogP contribution in [0.4, 0.5) is 5.69 Å². The molecule has 0 atom stereocenters. The molecule has 0 aliphatic carbocycles. The maximum atomic E-state index is 11.9. The van der Waals surface area contributed by atoms with Crippen molar-refractivity contribution in [3.05, 3.63) is 59.1 Å². The number of primary amides is 1. The SMILES string of the molecule is COc1ccc(NC(=O)/C=C/c2ccc(OCC(N)=O)cc2)cc1Cl. The number of halogens is 1. The van der Waals surface area contributed by atoms with Gasteiger partial charge >= 0.3 is 0 Å². The predicted octanol–water partition coefficient (Wildman–Crippen LogP) is 2.86. The van der Waals surface area contributed by atoms with Crippen LogP contribution >= 0.6 is 11.6 Å². The highest BCUT2D eigenvalue weighted by molar-refractivity contribution is 6.32. The summed E-state index contributed by atoms with van der Waals surface area (Å²) in [4.78, 5) is 22.6. The third-order valence-electron chi connectivity index (χ3n) is 3.11. The van der Waals surface area contributed by atoms with Gasteiger partial charge in [-0.3, -0.25) is 9.59 Å². The molecule has 0 unspecified atom stereocenters. The van der Waals surface area contributed by atoms with Crippen molar-refractivity contribution in [3.8, 4) is 11.5 Å². The number of rotatable bonds is 7. The van der Waals surface area contributed by atoms with Crippen LogP contribution in [0.25, 0.3) is 6.08 Å². The number of hydrogen-bond donors (Lipinski definition) is 2. The molecule has 3 N–H and O–H groups in total. The summed E-state index contributed by atoms with van der Waals surface area (Å²) in [6, 6.07) is 11.9. The lowest BCUT2D eigenvalue weighted by Crippen LogP contribution is -2.19. The van der Waals surface area contributed by atoms with Gasteiger partial charge in [0, 0.05) is 11.8 Å². The number of carbonyl (C=O) groups is 2. The Bertz CT molecular complexity index is 788. The van der Waals surface area contributed by atoms with Crippen LogP contribution in [0.2, 0.25) is 5.02 Å². The van der Waals surface area contributed by atoms with Crippen molar-refractivity contribution in [3.63, 3.8) is 0 Å². The molecule has 0 bridgehead atoms. The predicted molar refractivity (Wildman–Crippen MR) is 96.8 cm³/mol. The van der Waals surface area contributed by atoms with Gasteiger partial charge in [0.05, 0.1) is 12.1 Å². The Hall–Kier alpha value is -2.99. The first kappa shape index (κ1) is 18.4. The van der Waals surface area contributed by atoms with E-state index in [2.05, 4.69) is 5.32 Å². The minimum atomic E-state index is -0.542. The Morgan fingerprint density at radius 2 is 1.92 bits per heavy atom. The lowest BCUT2D eigenvalue weighted by atomic mass is 10.2. The summed E-state index contributed by atoms with van der Waals surface area (Å²) in [7, 11) is 1.52. The molecular formula is C18H17ClN2O4. The highest BCUT2D eigenvalue weighted by atomic mass is 35.5. The number of methoxy groups -OCH3 is 1. The van der Waals surface area contributed by atoms with Crippen LogP contribution in [0.1, 0.15) is 5.56 Å². The van der Waals surface area contributed by atoms with E-state index in [4.69, 9.17) is 26.8 Å². The van der Waals surface area contributed by atoms with Crippen molar-refractivity contribution in [1.82, 2.24) is 0 Å². The zero-order valence-electron chi connectivity index (χ0n) is 13.5. The number of ether oxygens (including phenoxy) is 2. The number of hydrogen-bond acceptors (Lipinski definition) is 4. The Labute approximate surface area is 150 Å². The fraction of sp³-hybridized carbons (Fsp3) is 0.111. The average Bonchev–Trinajstić information content (AvgIpc) is 2.59. The van der Waals surface area contributed by atoms with Crippen LogP contribution in [0, 0.1) is 0 Å². The molecule has 0 aromatic heterocycles. The van der Waals surface area contributed by atoms with E-state index in [0.29, 0.717) is 22.2 Å². The quantitative estimate of drug-likeness (QED) is 0.743. The molecule has 6 nitrogen and oxygen atoms in total. The number of nitrogens with two attached hydrogens (primary N) is 1. The van der Waals surface area contributed by atoms with Crippen LogP contribution in [-0.2, 0) is 9.59 Å². The first-order chi connectivity index (χ1) is 12.0. The van der Waals surface area contributed by atoms with E-state index in [1.54, 1.807) is 48.5 Å². The molecule has 0 aliphatic heterocycles. The normalized spacial score (nSPS) is 10.5. The Kier molecular flexibility index (Phi) is 6.42. The highest BCUT2D eigenvalue weighted by Crippen LogP contribution is 2.27. The molecule has 0 fully saturated rings. The number of anilines is 1. The standard InChI is InChI=1S/C18H17ClN2O4/c1-24-16-8-5-13(10-15(16)19)21-18(23)9-4-12-2-6-14(7-3-12)25-11-17(20)22/h2-10H,11H2,1H3,(H2,20,22)(H,21,23)/b9-4+. The van der Waals surface area contributed by atoms with Crippen molar-refractivity contribution >= 4 is 35.2 Å². The second kappa shape index (κ2) is 8.75. The third-order valence-corrected chi connectivity index (χ3v) is 3.40. The lowest BCUT2D eigenvalue weighted by molar-refractivity contribution is -0.120. The van der Waals surface area contributed by atoms with Crippen molar-refractivity contribution in [1.29, 1.82) is 0 Å². The number of amides is 2. The van der Waals surface area contributed by atoms with Gasteiger partial charge < -0.3 is 20.5 Å². The maximum Gasteiger partial charge on any atom is 0.255 e. The highest BCUT2D eigenvalue weighted by Gasteiger charge is 2.04. The summed E-state index contributed by atoms with van der Waals surface area (Å²) in [6.07, 6.45) is 3.05. The van der Waals surface area contributed by atoms with Crippen LogP contribution in [0.15, 0.2) is 48.5 Å². The zero-order chi connectivity index (χ0) is 18.2. The molecule has 2 rings (SSSR count). The van der Waals surface area contributed by atoms with Crippen LogP contribution < -0.4 is 20.5 Å². The molecule has 0 radical (unpaired) electrons. The number of carbonyl (C=O) groups excluding carboxylic acids is 2. The van der Waals surface area contributed by atoms with Gasteiger partial charge in [-0.2, -0.15) is 0 Å². The van der Waals surface area contributed by atoms with Gasteiger partial charge in [0.2, 0.25) is 5.91 Å². The summed E-state index contributed by atoms with van der Waals surface area (Å²) in [5.74, 6) is 0.219. The second-order valence-corrected chi connectivity index (χ2v) is 5.40. The van der Waals surface area contributed by atoms with Gasteiger partial charge in [-0.15, -0.1) is 0 Å². The van der Waals surface area contributed by atoms with Gasteiger partial charge in [0.15, 0.2) is 6.61 Å². The van der Waals surface area contributed by atoms with E-state index in [1.807, 2.05) is 0 Å². The molecule has 2 aromatic rings. The topological polar surface area (TPSA) is 90.7 Å². The molecule has 25 heavy (non-hydrogen) atoms. The van der Waals surface area contributed by atoms with Gasteiger partial charge in [-0.05, 0) is 42.0 Å². The molecule has 2 aromatic carbocycles. The minimum Gasteiger partial charge on any atom is -0.495 e. The molecular weight excluding hydrogens is 344 g/mol. The Balaban J connectivity index is 1.93. The lowest BCUT2D eigenvalue weighted by Gasteiger charge is -2.06. The van der Waals surface area contributed by atoms with E-state index in [9.17, 15) is 9.59 Å². The first-order valence-corrected chi connectivity index (χ1v) is 7.69. The van der Waals surface area contributed by atoms with Crippen molar-refractivity contribution in [2.24, 2.45) is 5.73 Å².